The summed E-state index contributed by atoms with van der Waals surface area (Å²) in [7, 11) is 0. The highest BCUT2D eigenvalue weighted by Crippen LogP contribution is 2.11. The number of aliphatic hydroxyl groups excluding tert-OH is 1. The molecule has 0 aliphatic carbocycles. The number of rotatable bonds is 9. The summed E-state index contributed by atoms with van der Waals surface area (Å²) in [4.78, 5) is 10.4. The van der Waals surface area contributed by atoms with E-state index >= 15 is 0 Å². The highest BCUT2D eigenvalue weighted by molar-refractivity contribution is 5.85. The van der Waals surface area contributed by atoms with Crippen LogP contribution in [0.15, 0.2) is 12.2 Å². The number of carboxylic acids is 1. The molecular formula is C12H22O3. The lowest BCUT2D eigenvalue weighted by Crippen LogP contribution is -2.03. The number of carbonyl (C=O) groups is 1. The Balaban J connectivity index is 3.25. The van der Waals surface area contributed by atoms with E-state index < -0.39 is 5.97 Å². The molecule has 0 aromatic carbocycles. The number of carboxylic acid groups (broad SMARTS) is 1. The molecule has 1 atom stereocenters. The van der Waals surface area contributed by atoms with Gasteiger partial charge >= 0.3 is 5.97 Å². The Kier molecular flexibility index (Phi) is 8.01. The molecule has 0 heterocycles. The normalized spacial score (nSPS) is 12.4. The third-order valence-electron chi connectivity index (χ3n) is 2.54. The summed E-state index contributed by atoms with van der Waals surface area (Å²) < 4.78 is 0. The number of aliphatic hydroxyl groups is 1. The Morgan fingerprint density at radius 3 is 2.40 bits per heavy atom. The van der Waals surface area contributed by atoms with Gasteiger partial charge in [0.15, 0.2) is 0 Å². The minimum absolute atomic E-state index is 0.168. The summed E-state index contributed by atoms with van der Waals surface area (Å²) in [5, 5.41) is 17.8. The van der Waals surface area contributed by atoms with Crippen LogP contribution in [0.2, 0.25) is 0 Å². The van der Waals surface area contributed by atoms with Gasteiger partial charge in [0, 0.05) is 5.57 Å². The van der Waals surface area contributed by atoms with Crippen molar-refractivity contribution in [1.29, 1.82) is 0 Å². The van der Waals surface area contributed by atoms with E-state index in [0.717, 1.165) is 38.5 Å². The van der Waals surface area contributed by atoms with Crippen molar-refractivity contribution < 1.29 is 15.0 Å². The van der Waals surface area contributed by atoms with Crippen LogP contribution in [0.25, 0.3) is 0 Å². The first kappa shape index (κ1) is 14.2. The van der Waals surface area contributed by atoms with Gasteiger partial charge in [0.2, 0.25) is 0 Å². The lowest BCUT2D eigenvalue weighted by Gasteiger charge is -2.06. The molecule has 0 aromatic heterocycles. The van der Waals surface area contributed by atoms with Crippen molar-refractivity contribution in [3.63, 3.8) is 0 Å². The molecular weight excluding hydrogens is 192 g/mol. The van der Waals surface area contributed by atoms with Gasteiger partial charge in [-0.1, -0.05) is 32.8 Å². The molecule has 0 aliphatic heterocycles. The third kappa shape index (κ3) is 8.18. The molecule has 0 bridgehead atoms. The Bertz CT molecular complexity index is 199. The van der Waals surface area contributed by atoms with E-state index in [4.69, 9.17) is 5.11 Å². The average Bonchev–Trinajstić information content (AvgIpc) is 2.22. The zero-order valence-corrected chi connectivity index (χ0v) is 9.54. The third-order valence-corrected chi connectivity index (χ3v) is 2.54. The zero-order chi connectivity index (χ0) is 11.7. The molecule has 3 nitrogen and oxygen atoms in total. The topological polar surface area (TPSA) is 57.5 Å². The average molecular weight is 214 g/mol. The second-order valence-corrected chi connectivity index (χ2v) is 3.92. The molecule has 0 fully saturated rings. The van der Waals surface area contributed by atoms with E-state index in [0.29, 0.717) is 12.0 Å². The van der Waals surface area contributed by atoms with E-state index in [9.17, 15) is 9.90 Å². The van der Waals surface area contributed by atoms with E-state index in [2.05, 4.69) is 6.58 Å². The van der Waals surface area contributed by atoms with E-state index in [1.54, 1.807) is 0 Å². The second kappa shape index (κ2) is 8.48. The van der Waals surface area contributed by atoms with Crippen molar-refractivity contribution in [2.24, 2.45) is 0 Å². The molecule has 0 saturated carbocycles. The van der Waals surface area contributed by atoms with Crippen LogP contribution in [0.3, 0.4) is 0 Å². The van der Waals surface area contributed by atoms with Crippen molar-refractivity contribution in [3.8, 4) is 0 Å². The van der Waals surface area contributed by atoms with Crippen molar-refractivity contribution in [3.05, 3.63) is 12.2 Å². The number of unbranched alkanes of at least 4 members (excludes halogenated alkanes) is 3. The summed E-state index contributed by atoms with van der Waals surface area (Å²) in [6.45, 7) is 5.45. The van der Waals surface area contributed by atoms with Gasteiger partial charge in [0.25, 0.3) is 0 Å². The van der Waals surface area contributed by atoms with E-state index in [1.807, 2.05) is 6.92 Å². The van der Waals surface area contributed by atoms with E-state index in [1.165, 1.54) is 0 Å². The minimum atomic E-state index is -0.892. The summed E-state index contributed by atoms with van der Waals surface area (Å²) in [6.07, 6.45) is 6.06. The maximum absolute atomic E-state index is 10.4. The van der Waals surface area contributed by atoms with Gasteiger partial charge in [0.1, 0.15) is 0 Å². The lowest BCUT2D eigenvalue weighted by atomic mass is 10.0. The molecule has 0 amide bonds. The predicted octanol–water partition coefficient (Wildman–Crippen LogP) is 2.74. The fraction of sp³-hybridized carbons (Fsp3) is 0.750. The van der Waals surface area contributed by atoms with Crippen molar-refractivity contribution in [1.82, 2.24) is 0 Å². The van der Waals surface area contributed by atoms with Crippen LogP contribution in [0.5, 0.6) is 0 Å². The van der Waals surface area contributed by atoms with Crippen LogP contribution in [0.4, 0.5) is 0 Å². The Hall–Kier alpha value is -0.830. The van der Waals surface area contributed by atoms with Crippen molar-refractivity contribution in [2.75, 3.05) is 0 Å². The van der Waals surface area contributed by atoms with Crippen LogP contribution < -0.4 is 0 Å². The molecule has 0 saturated heterocycles. The lowest BCUT2D eigenvalue weighted by molar-refractivity contribution is -0.132. The van der Waals surface area contributed by atoms with Gasteiger partial charge < -0.3 is 10.2 Å². The first-order valence-corrected chi connectivity index (χ1v) is 5.67. The largest absolute Gasteiger partial charge is 0.478 e. The smallest absolute Gasteiger partial charge is 0.330 e. The van der Waals surface area contributed by atoms with Gasteiger partial charge in [-0.05, 0) is 25.7 Å². The molecule has 0 aliphatic rings. The number of aliphatic carboxylic acids is 1. The first-order chi connectivity index (χ1) is 7.07. The molecule has 15 heavy (non-hydrogen) atoms. The molecule has 88 valence electrons. The van der Waals surface area contributed by atoms with Gasteiger partial charge in [0.05, 0.1) is 6.10 Å². The molecule has 0 rings (SSSR count). The molecule has 3 heteroatoms. The quantitative estimate of drug-likeness (QED) is 0.458. The highest BCUT2D eigenvalue weighted by atomic mass is 16.4. The zero-order valence-electron chi connectivity index (χ0n) is 9.54. The maximum Gasteiger partial charge on any atom is 0.330 e. The van der Waals surface area contributed by atoms with Gasteiger partial charge in [-0.15, -0.1) is 0 Å². The van der Waals surface area contributed by atoms with E-state index in [-0.39, 0.29) is 6.10 Å². The summed E-state index contributed by atoms with van der Waals surface area (Å²) in [5.41, 5.74) is 0.295. The molecule has 2 N–H and O–H groups in total. The monoisotopic (exact) mass is 214 g/mol. The molecule has 0 spiro atoms. The van der Waals surface area contributed by atoms with Crippen LogP contribution in [-0.2, 0) is 4.79 Å². The second-order valence-electron chi connectivity index (χ2n) is 3.92. The Morgan fingerprint density at radius 1 is 1.27 bits per heavy atom. The number of hydrogen-bond acceptors (Lipinski definition) is 2. The van der Waals surface area contributed by atoms with Crippen LogP contribution in [-0.4, -0.2) is 22.3 Å². The Morgan fingerprint density at radius 2 is 1.87 bits per heavy atom. The van der Waals surface area contributed by atoms with Gasteiger partial charge in [-0.3, -0.25) is 0 Å². The van der Waals surface area contributed by atoms with Crippen LogP contribution in [0, 0.1) is 0 Å². The van der Waals surface area contributed by atoms with Crippen molar-refractivity contribution >= 4 is 5.97 Å². The fourth-order valence-corrected chi connectivity index (χ4v) is 1.38. The van der Waals surface area contributed by atoms with Gasteiger partial charge in [-0.25, -0.2) is 4.79 Å². The predicted molar refractivity (Wildman–Crippen MR) is 60.8 cm³/mol. The minimum Gasteiger partial charge on any atom is -0.478 e. The molecule has 1 unspecified atom stereocenters. The highest BCUT2D eigenvalue weighted by Gasteiger charge is 2.03. The first-order valence-electron chi connectivity index (χ1n) is 5.67. The summed E-state index contributed by atoms with van der Waals surface area (Å²) in [5.74, 6) is -0.892. The molecule has 0 radical (unpaired) electrons. The SMILES string of the molecule is C=C(CCCCCCC(O)CC)C(=O)O. The maximum atomic E-state index is 10.4. The number of hydrogen-bond donors (Lipinski definition) is 2. The molecule has 0 aromatic rings. The summed E-state index contributed by atoms with van der Waals surface area (Å²) in [6, 6.07) is 0. The Labute approximate surface area is 91.8 Å². The standard InChI is InChI=1S/C12H22O3/c1-3-11(13)9-7-5-4-6-8-10(2)12(14)15/h11,13H,2-9H2,1H3,(H,14,15). The van der Waals surface area contributed by atoms with Crippen LogP contribution in [0.1, 0.15) is 51.9 Å². The van der Waals surface area contributed by atoms with Crippen LogP contribution >= 0.6 is 0 Å². The fourth-order valence-electron chi connectivity index (χ4n) is 1.38. The summed E-state index contributed by atoms with van der Waals surface area (Å²) >= 11 is 0. The van der Waals surface area contributed by atoms with Crippen molar-refractivity contribution in [2.45, 2.75) is 58.0 Å². The van der Waals surface area contributed by atoms with Gasteiger partial charge in [-0.2, -0.15) is 0 Å².